The van der Waals surface area contributed by atoms with Gasteiger partial charge in [0.05, 0.1) is 172 Å². The van der Waals surface area contributed by atoms with E-state index < -0.39 is 152 Å². The third kappa shape index (κ3) is 48.4. The minimum atomic E-state index is -1.47. The number of benzene rings is 1. The van der Waals surface area contributed by atoms with Crippen LogP contribution in [0.1, 0.15) is 138 Å². The molecule has 130 heavy (non-hydrogen) atoms. The normalized spacial score (nSPS) is 23.1. The number of rotatable bonds is 73. The van der Waals surface area contributed by atoms with Gasteiger partial charge in [0.2, 0.25) is 47.3 Å². The Hall–Kier alpha value is -6.79. The molecule has 0 spiro atoms. The van der Waals surface area contributed by atoms with Gasteiger partial charge in [0.25, 0.3) is 0 Å². The van der Waals surface area contributed by atoms with Crippen LogP contribution in [0.15, 0.2) is 30.3 Å². The summed E-state index contributed by atoms with van der Waals surface area (Å²) in [5, 5.41) is 116. The number of hydrogen-bond acceptors (Lipinski definition) is 36. The number of amides is 9. The SMILES string of the molecule is CC(=O)NC1C(OCCOCCOCCNC(=O)CCOCC(COCCC(=O)NCCOCCOCCOC2OC(CO)C(O)C(O)C2NC(C)=O)(COCCC(=O)NCCOCCOCCOC2OC(CO)C(O)C(O)C2NC(C)=O)NC(=O)CCCCCCCCCCC(=O)NCCOC(C)(OCCNC(=O)OCc2ccccc2)C(C)(C)C)OC(CO)C(O)C1O. The van der Waals surface area contributed by atoms with E-state index in [2.05, 4.69) is 47.9 Å². The highest BCUT2D eigenvalue weighted by Crippen LogP contribution is 2.35. The van der Waals surface area contributed by atoms with Gasteiger partial charge < -0.3 is 179 Å². The lowest BCUT2D eigenvalue weighted by Crippen LogP contribution is -2.64. The van der Waals surface area contributed by atoms with Crippen molar-refractivity contribution >= 4 is 53.4 Å². The molecule has 4 rings (SSSR count). The summed E-state index contributed by atoms with van der Waals surface area (Å²) in [5.74, 6) is -4.15. The van der Waals surface area contributed by atoms with E-state index in [1.807, 2.05) is 58.0 Å². The minimum Gasteiger partial charge on any atom is -0.445 e. The molecule has 0 saturated carbocycles. The molecule has 3 aliphatic rings. The fourth-order valence-electron chi connectivity index (χ4n) is 13.2. The van der Waals surface area contributed by atoms with Crippen molar-refractivity contribution < 1.29 is 174 Å². The second kappa shape index (κ2) is 67.4. The van der Waals surface area contributed by atoms with Crippen molar-refractivity contribution in [1.82, 2.24) is 47.9 Å². The van der Waals surface area contributed by atoms with E-state index in [1.54, 1.807) is 0 Å². The van der Waals surface area contributed by atoms with Crippen molar-refractivity contribution in [1.29, 1.82) is 0 Å². The Morgan fingerprint density at radius 3 is 0.977 bits per heavy atom. The van der Waals surface area contributed by atoms with Crippen molar-refractivity contribution in [3.63, 3.8) is 0 Å². The predicted octanol–water partition coefficient (Wildman–Crippen LogP) is -3.87. The molecule has 3 fully saturated rings. The van der Waals surface area contributed by atoms with Crippen molar-refractivity contribution in [2.75, 3.05) is 205 Å². The third-order valence-corrected chi connectivity index (χ3v) is 20.7. The fourth-order valence-corrected chi connectivity index (χ4v) is 13.2. The summed E-state index contributed by atoms with van der Waals surface area (Å²) in [6.45, 7) is 11.0. The summed E-state index contributed by atoms with van der Waals surface area (Å²) >= 11 is 0. The maximum atomic E-state index is 14.1. The van der Waals surface area contributed by atoms with Crippen LogP contribution in [0.25, 0.3) is 0 Å². The highest BCUT2D eigenvalue weighted by Gasteiger charge is 2.49. The number of hydrogen-bond donors (Lipinski definition) is 18. The standard InChI is InChI=1S/C85H149N9O36/c1-58(98)91-70-76(109)73(106)62(51-95)128-79(70)122-48-45-116-42-39-113-34-26-86-66(102)23-31-119-55-85(56-120-32-24-67(103)87-27-35-114-40-43-117-46-49-123-80-71(92-59(2)99)77(110)74(107)63(52-96)129-80,57-121-33-25-68(104)88-28-36-115-41-44-118-47-50-124-81-72(93-60(3)100)78(111)75(108)64(53-97)130-81)94-69(105)22-18-13-11-9-8-10-12-17-21-65(101)89-29-37-126-84(7,83(4,5)6)127-38-30-90-82(112)125-54-61-19-15-14-16-20-61/h14-16,19-20,62-64,70-81,95-97,106-111H,8-13,17-18,21-57H2,1-7H3,(H,86,102)(H,87,103)(H,88,104)(H,89,101)(H,90,112)(H,91,98)(H,92,99)(H,93,100)(H,94,105). The van der Waals surface area contributed by atoms with E-state index in [0.29, 0.717) is 19.3 Å². The number of unbranched alkanes of at least 4 members (excludes halogenated alkanes) is 7. The molecule has 16 unspecified atom stereocenters. The molecule has 1 aromatic carbocycles. The van der Waals surface area contributed by atoms with Crippen LogP contribution in [-0.4, -0.2) is 407 Å². The van der Waals surface area contributed by atoms with Crippen LogP contribution in [0.5, 0.6) is 0 Å². The highest BCUT2D eigenvalue weighted by molar-refractivity contribution is 5.78. The van der Waals surface area contributed by atoms with Gasteiger partial charge in [0.1, 0.15) is 85.2 Å². The average Bonchev–Trinajstić information content (AvgIpc) is 0.819. The Balaban J connectivity index is 1.29. The second-order valence-electron chi connectivity index (χ2n) is 32.4. The van der Waals surface area contributed by atoms with Crippen LogP contribution in [0, 0.1) is 5.41 Å². The van der Waals surface area contributed by atoms with Gasteiger partial charge >= 0.3 is 6.09 Å². The maximum absolute atomic E-state index is 14.1. The quantitative estimate of drug-likeness (QED) is 0.0219. The topological polar surface area (TPSA) is 610 Å². The Labute approximate surface area is 760 Å². The van der Waals surface area contributed by atoms with Gasteiger partial charge in [-0.3, -0.25) is 38.4 Å². The van der Waals surface area contributed by atoms with Gasteiger partial charge in [0, 0.05) is 91.0 Å². The average molecular weight is 1870 g/mol. The fraction of sp³-hybridized carbons (Fsp3) is 0.824. The lowest BCUT2D eigenvalue weighted by molar-refractivity contribution is -0.276. The number of carbonyl (C=O) groups excluding carboxylic acids is 9. The Morgan fingerprint density at radius 1 is 0.346 bits per heavy atom. The molecule has 9 amide bonds. The van der Waals surface area contributed by atoms with Gasteiger partial charge in [-0.1, -0.05) is 89.6 Å². The zero-order valence-electron chi connectivity index (χ0n) is 76.4. The van der Waals surface area contributed by atoms with Crippen molar-refractivity contribution in [3.05, 3.63) is 35.9 Å². The maximum Gasteiger partial charge on any atom is 0.407 e. The molecular formula is C85H149N9O36. The molecule has 3 saturated heterocycles. The minimum absolute atomic E-state index is 0.0411. The first-order valence-electron chi connectivity index (χ1n) is 44.7. The molecular weight excluding hydrogens is 1720 g/mol. The Bertz CT molecular complexity index is 3060. The van der Waals surface area contributed by atoms with E-state index in [-0.39, 0.29) is 247 Å². The van der Waals surface area contributed by atoms with Gasteiger partial charge in [0.15, 0.2) is 24.7 Å². The van der Waals surface area contributed by atoms with Gasteiger partial charge in [-0.25, -0.2) is 4.79 Å². The summed E-state index contributed by atoms with van der Waals surface area (Å²) in [6.07, 6.45) is -9.96. The lowest BCUT2D eigenvalue weighted by atomic mass is 9.86. The van der Waals surface area contributed by atoms with Crippen LogP contribution in [0.3, 0.4) is 0 Å². The lowest BCUT2D eigenvalue weighted by Gasteiger charge is -2.42. The summed E-state index contributed by atoms with van der Waals surface area (Å²) in [6, 6.07) is 6.00. The molecule has 1 aromatic rings. The molecule has 0 radical (unpaired) electrons. The van der Waals surface area contributed by atoms with Gasteiger partial charge in [-0.2, -0.15) is 0 Å². The molecule has 0 aliphatic carbocycles. The molecule has 0 aromatic heterocycles. The smallest absolute Gasteiger partial charge is 0.407 e. The van der Waals surface area contributed by atoms with E-state index in [9.17, 15) is 89.1 Å². The molecule has 45 heteroatoms. The first-order chi connectivity index (χ1) is 62.4. The number of alkyl carbamates (subject to hydrolysis) is 1. The van der Waals surface area contributed by atoms with Gasteiger partial charge in [-0.15, -0.1) is 0 Å². The first kappa shape index (κ1) is 116. The van der Waals surface area contributed by atoms with Crippen molar-refractivity contribution in [2.45, 2.75) is 242 Å². The van der Waals surface area contributed by atoms with E-state index >= 15 is 0 Å². The zero-order valence-corrected chi connectivity index (χ0v) is 76.4. The summed E-state index contributed by atoms with van der Waals surface area (Å²) in [7, 11) is 0. The molecule has 18 N–H and O–H groups in total. The summed E-state index contributed by atoms with van der Waals surface area (Å²) < 4.78 is 103. The number of nitrogens with one attached hydrogen (secondary N) is 9. The molecule has 0 bridgehead atoms. The van der Waals surface area contributed by atoms with E-state index in [0.717, 1.165) is 44.1 Å². The predicted molar refractivity (Wildman–Crippen MR) is 459 cm³/mol. The number of aliphatic hydroxyl groups excluding tert-OH is 9. The largest absolute Gasteiger partial charge is 0.445 e. The zero-order chi connectivity index (χ0) is 95.4. The van der Waals surface area contributed by atoms with Crippen LogP contribution in [0.4, 0.5) is 4.79 Å². The third-order valence-electron chi connectivity index (χ3n) is 20.7. The summed E-state index contributed by atoms with van der Waals surface area (Å²) in [5.41, 5.74) is -1.01. The van der Waals surface area contributed by atoms with Crippen LogP contribution in [0.2, 0.25) is 0 Å². The van der Waals surface area contributed by atoms with Crippen molar-refractivity contribution in [2.24, 2.45) is 5.41 Å². The number of ether oxygens (including phenoxy) is 18. The Kier molecular flexibility index (Phi) is 59.9. The summed E-state index contributed by atoms with van der Waals surface area (Å²) in [4.78, 5) is 114. The molecule has 750 valence electrons. The monoisotopic (exact) mass is 1870 g/mol. The van der Waals surface area contributed by atoms with Crippen molar-refractivity contribution in [3.8, 4) is 0 Å². The number of carbonyl (C=O) groups is 9. The molecule has 45 nitrogen and oxygen atoms in total. The van der Waals surface area contributed by atoms with Crippen LogP contribution in [-0.2, 0) is 130 Å². The second-order valence-corrected chi connectivity index (χ2v) is 32.4. The molecule has 16 atom stereocenters. The highest BCUT2D eigenvalue weighted by atomic mass is 16.7. The first-order valence-corrected chi connectivity index (χ1v) is 44.7. The molecule has 3 heterocycles. The van der Waals surface area contributed by atoms with Crippen LogP contribution < -0.4 is 47.9 Å². The van der Waals surface area contributed by atoms with Crippen LogP contribution >= 0.6 is 0 Å². The number of aliphatic hydroxyl groups is 9. The van der Waals surface area contributed by atoms with E-state index in [1.165, 1.54) is 20.8 Å². The van der Waals surface area contributed by atoms with Gasteiger partial charge in [-0.05, 0) is 25.3 Å². The Morgan fingerprint density at radius 2 is 0.646 bits per heavy atom. The molecule has 3 aliphatic heterocycles. The van der Waals surface area contributed by atoms with E-state index in [4.69, 9.17) is 85.3 Å².